The lowest BCUT2D eigenvalue weighted by atomic mass is 10.0. The van der Waals surface area contributed by atoms with Crippen molar-refractivity contribution in [3.63, 3.8) is 0 Å². The molecule has 0 aliphatic carbocycles. The highest BCUT2D eigenvalue weighted by molar-refractivity contribution is 5.95. The van der Waals surface area contributed by atoms with Crippen LogP contribution in [0.3, 0.4) is 0 Å². The molecule has 1 fully saturated rings. The fourth-order valence-corrected chi connectivity index (χ4v) is 3.03. The van der Waals surface area contributed by atoms with Crippen molar-refractivity contribution < 1.29 is 22.7 Å². The Morgan fingerprint density at radius 1 is 1.10 bits per heavy atom. The first-order valence-electron chi connectivity index (χ1n) is 8.95. The van der Waals surface area contributed by atoms with Crippen LogP contribution in [-0.2, 0) is 12.8 Å². The average molecular weight is 402 g/mol. The number of likely N-dealkylation sites (tertiary alicyclic amines) is 1. The molecule has 4 rings (SSSR count). The normalized spacial score (nSPS) is 14.5. The Bertz CT molecular complexity index is 998. The molecule has 29 heavy (non-hydrogen) atoms. The highest BCUT2D eigenvalue weighted by atomic mass is 19.4. The average Bonchev–Trinajstić information content (AvgIpc) is 3.14. The van der Waals surface area contributed by atoms with Crippen LogP contribution in [-0.4, -0.2) is 38.9 Å². The van der Waals surface area contributed by atoms with Crippen LogP contribution in [0.1, 0.15) is 27.7 Å². The van der Waals surface area contributed by atoms with E-state index in [1.807, 2.05) is 30.3 Å². The third kappa shape index (κ3) is 4.23. The number of carbonyl (C=O) groups excluding carboxylic acids is 1. The van der Waals surface area contributed by atoms with Crippen molar-refractivity contribution >= 4 is 5.91 Å². The second-order valence-electron chi connectivity index (χ2n) is 6.73. The van der Waals surface area contributed by atoms with Crippen LogP contribution in [0.15, 0.2) is 60.8 Å². The molecule has 1 saturated heterocycles. The fourth-order valence-electron chi connectivity index (χ4n) is 3.03. The van der Waals surface area contributed by atoms with E-state index in [0.29, 0.717) is 18.8 Å². The van der Waals surface area contributed by atoms with E-state index in [0.717, 1.165) is 17.9 Å². The van der Waals surface area contributed by atoms with E-state index in [1.54, 1.807) is 10.9 Å². The molecule has 0 spiro atoms. The number of rotatable bonds is 5. The van der Waals surface area contributed by atoms with Gasteiger partial charge in [-0.15, -0.1) is 5.10 Å². The van der Waals surface area contributed by atoms with Crippen molar-refractivity contribution in [2.75, 3.05) is 13.1 Å². The number of carbonyl (C=O) groups is 1. The Balaban J connectivity index is 1.33. The van der Waals surface area contributed by atoms with Crippen LogP contribution in [0, 0.1) is 0 Å². The monoisotopic (exact) mass is 402 g/mol. The highest BCUT2D eigenvalue weighted by Gasteiger charge is 2.35. The van der Waals surface area contributed by atoms with E-state index in [-0.39, 0.29) is 18.2 Å². The number of para-hydroxylation sites is 1. The number of amides is 1. The first kappa shape index (κ1) is 19.0. The van der Waals surface area contributed by atoms with Crippen molar-refractivity contribution in [3.8, 4) is 5.75 Å². The van der Waals surface area contributed by atoms with Gasteiger partial charge in [-0.05, 0) is 30.3 Å². The molecule has 9 heteroatoms. The Kier molecular flexibility index (Phi) is 4.96. The van der Waals surface area contributed by atoms with Gasteiger partial charge in [0.15, 0.2) is 0 Å². The molecule has 0 bridgehead atoms. The first-order valence-corrected chi connectivity index (χ1v) is 8.95. The number of aromatic nitrogens is 3. The maximum absolute atomic E-state index is 12.8. The minimum Gasteiger partial charge on any atom is -0.487 e. The maximum atomic E-state index is 12.8. The first-order chi connectivity index (χ1) is 13.9. The van der Waals surface area contributed by atoms with Crippen LogP contribution >= 0.6 is 0 Å². The quantitative estimate of drug-likeness (QED) is 0.655. The van der Waals surface area contributed by atoms with E-state index in [4.69, 9.17) is 4.74 Å². The maximum Gasteiger partial charge on any atom is 0.416 e. The standard InChI is InChI=1S/C20H17F3N4O2/c21-20(22,23)15-6-4-5-14(9-15)19(28)26-11-17(12-26)27-10-16(24-25-27)13-29-18-7-2-1-3-8-18/h1-10,17H,11-13H2. The van der Waals surface area contributed by atoms with E-state index in [2.05, 4.69) is 10.3 Å². The molecule has 0 radical (unpaired) electrons. The van der Waals surface area contributed by atoms with Gasteiger partial charge in [0.05, 0.1) is 17.8 Å². The molecule has 0 unspecified atom stereocenters. The highest BCUT2D eigenvalue weighted by Crippen LogP contribution is 2.30. The van der Waals surface area contributed by atoms with E-state index in [9.17, 15) is 18.0 Å². The van der Waals surface area contributed by atoms with Crippen LogP contribution in [0.25, 0.3) is 0 Å². The lowest BCUT2D eigenvalue weighted by molar-refractivity contribution is -0.137. The van der Waals surface area contributed by atoms with Gasteiger partial charge in [-0.25, -0.2) is 4.68 Å². The van der Waals surface area contributed by atoms with Gasteiger partial charge >= 0.3 is 6.18 Å². The summed E-state index contributed by atoms with van der Waals surface area (Å²) in [5.74, 6) is 0.295. The summed E-state index contributed by atoms with van der Waals surface area (Å²) in [4.78, 5) is 13.9. The minimum atomic E-state index is -4.48. The molecule has 2 aromatic carbocycles. The van der Waals surface area contributed by atoms with Gasteiger partial charge in [-0.3, -0.25) is 4.79 Å². The lowest BCUT2D eigenvalue weighted by Crippen LogP contribution is -2.50. The van der Waals surface area contributed by atoms with Gasteiger partial charge < -0.3 is 9.64 Å². The third-order valence-corrected chi connectivity index (χ3v) is 4.65. The van der Waals surface area contributed by atoms with Gasteiger partial charge in [0.2, 0.25) is 0 Å². The Hall–Kier alpha value is -3.36. The summed E-state index contributed by atoms with van der Waals surface area (Å²) in [5, 5.41) is 8.12. The van der Waals surface area contributed by atoms with Crippen LogP contribution in [0.5, 0.6) is 5.75 Å². The lowest BCUT2D eigenvalue weighted by Gasteiger charge is -2.38. The zero-order chi connectivity index (χ0) is 20.4. The summed E-state index contributed by atoms with van der Waals surface area (Å²) in [6.45, 7) is 0.985. The molecular formula is C20H17F3N4O2. The van der Waals surface area contributed by atoms with E-state index in [1.165, 1.54) is 17.0 Å². The van der Waals surface area contributed by atoms with E-state index >= 15 is 0 Å². The third-order valence-electron chi connectivity index (χ3n) is 4.65. The number of hydrogen-bond acceptors (Lipinski definition) is 4. The van der Waals surface area contributed by atoms with Crippen molar-refractivity contribution in [1.29, 1.82) is 0 Å². The SMILES string of the molecule is O=C(c1cccc(C(F)(F)F)c1)N1CC(n2cc(COc3ccccc3)nn2)C1. The summed E-state index contributed by atoms with van der Waals surface area (Å²) in [6.07, 6.45) is -2.73. The van der Waals surface area contributed by atoms with E-state index < -0.39 is 17.6 Å². The number of nitrogens with zero attached hydrogens (tertiary/aromatic N) is 4. The summed E-state index contributed by atoms with van der Waals surface area (Å²) in [7, 11) is 0. The van der Waals surface area contributed by atoms with Crippen LogP contribution < -0.4 is 4.74 Å². The second-order valence-corrected chi connectivity index (χ2v) is 6.73. The zero-order valence-electron chi connectivity index (χ0n) is 15.2. The molecule has 1 aliphatic heterocycles. The van der Waals surface area contributed by atoms with Crippen molar-refractivity contribution in [1.82, 2.24) is 19.9 Å². The van der Waals surface area contributed by atoms with Gasteiger partial charge in [0, 0.05) is 18.7 Å². The van der Waals surface area contributed by atoms with Crippen LogP contribution in [0.4, 0.5) is 13.2 Å². The summed E-state index contributed by atoms with van der Waals surface area (Å²) in [5.41, 5.74) is -0.162. The largest absolute Gasteiger partial charge is 0.487 e. The predicted molar refractivity (Wildman–Crippen MR) is 97.2 cm³/mol. The number of benzene rings is 2. The van der Waals surface area contributed by atoms with Gasteiger partial charge in [-0.1, -0.05) is 29.5 Å². The van der Waals surface area contributed by atoms with Gasteiger partial charge in [-0.2, -0.15) is 13.2 Å². The summed E-state index contributed by atoms with van der Waals surface area (Å²) >= 11 is 0. The second kappa shape index (κ2) is 7.57. The molecule has 150 valence electrons. The molecule has 2 heterocycles. The topological polar surface area (TPSA) is 60.2 Å². The molecular weight excluding hydrogens is 385 g/mol. The Morgan fingerprint density at radius 2 is 1.86 bits per heavy atom. The zero-order valence-corrected chi connectivity index (χ0v) is 15.2. The Labute approximate surface area is 164 Å². The summed E-state index contributed by atoms with van der Waals surface area (Å²) < 4.78 is 45.8. The molecule has 1 aromatic heterocycles. The summed E-state index contributed by atoms with van der Waals surface area (Å²) in [6, 6.07) is 13.7. The molecule has 6 nitrogen and oxygen atoms in total. The number of hydrogen-bond donors (Lipinski definition) is 0. The van der Waals surface area contributed by atoms with Gasteiger partial charge in [0.25, 0.3) is 5.91 Å². The molecule has 0 atom stereocenters. The molecule has 1 aliphatic rings. The molecule has 0 N–H and O–H groups in total. The smallest absolute Gasteiger partial charge is 0.416 e. The van der Waals surface area contributed by atoms with Crippen LogP contribution in [0.2, 0.25) is 0 Å². The molecule has 0 saturated carbocycles. The molecule has 3 aromatic rings. The predicted octanol–water partition coefficient (Wildman–Crippen LogP) is 3.57. The number of alkyl halides is 3. The number of halogens is 3. The molecule has 1 amide bonds. The minimum absolute atomic E-state index is 0.0221. The van der Waals surface area contributed by atoms with Crippen molar-refractivity contribution in [2.45, 2.75) is 18.8 Å². The van der Waals surface area contributed by atoms with Gasteiger partial charge in [0.1, 0.15) is 18.1 Å². The fraction of sp³-hybridized carbons (Fsp3) is 0.250. The Morgan fingerprint density at radius 3 is 2.59 bits per heavy atom. The van der Waals surface area contributed by atoms with Crippen molar-refractivity contribution in [3.05, 3.63) is 77.6 Å². The van der Waals surface area contributed by atoms with Crippen molar-refractivity contribution in [2.24, 2.45) is 0 Å². The number of ether oxygens (including phenoxy) is 1.